The van der Waals surface area contributed by atoms with Crippen molar-refractivity contribution < 1.29 is 8.42 Å². The highest BCUT2D eigenvalue weighted by atomic mass is 32.2. The zero-order valence-electron chi connectivity index (χ0n) is 10.6. The maximum absolute atomic E-state index is 12.3. The predicted molar refractivity (Wildman–Crippen MR) is 75.5 cm³/mol. The molecule has 1 aromatic carbocycles. The first kappa shape index (κ1) is 12.5. The number of nitrogens with zero attached hydrogens (tertiary/aromatic N) is 1. The zero-order valence-corrected chi connectivity index (χ0v) is 11.4. The molecule has 5 nitrogen and oxygen atoms in total. The van der Waals surface area contributed by atoms with Crippen LogP contribution in [0, 0.1) is 0 Å². The second-order valence-corrected chi connectivity index (χ2v) is 6.97. The molecule has 1 aliphatic carbocycles. The van der Waals surface area contributed by atoms with Crippen LogP contribution in [0.5, 0.6) is 0 Å². The molecule has 1 saturated carbocycles. The Balaban J connectivity index is 1.83. The maximum Gasteiger partial charge on any atom is 0.237 e. The van der Waals surface area contributed by atoms with Gasteiger partial charge in [-0.1, -0.05) is 31.4 Å². The predicted octanol–water partition coefficient (Wildman–Crippen LogP) is 2.64. The fraction of sp³-hybridized carbons (Fsp3) is 0.462. The lowest BCUT2D eigenvalue weighted by molar-refractivity contribution is 0.486. The summed E-state index contributed by atoms with van der Waals surface area (Å²) in [6, 6.07) is 7.49. The lowest BCUT2D eigenvalue weighted by atomic mass is 10.0. The van der Waals surface area contributed by atoms with Crippen molar-refractivity contribution in [2.45, 2.75) is 37.4 Å². The van der Waals surface area contributed by atoms with Crippen LogP contribution in [0.3, 0.4) is 0 Å². The largest absolute Gasteiger partial charge is 0.323 e. The molecule has 0 radical (unpaired) electrons. The van der Waals surface area contributed by atoms with E-state index in [2.05, 4.69) is 14.7 Å². The van der Waals surface area contributed by atoms with E-state index in [1.54, 1.807) is 0 Å². The van der Waals surface area contributed by atoms with Crippen LogP contribution in [0.25, 0.3) is 11.0 Å². The molecule has 1 aliphatic rings. The molecule has 6 heteroatoms. The Morgan fingerprint density at radius 1 is 1.16 bits per heavy atom. The quantitative estimate of drug-likeness (QED) is 0.907. The average Bonchev–Trinajstić information content (AvgIpc) is 2.81. The van der Waals surface area contributed by atoms with Crippen LogP contribution in [0.1, 0.15) is 32.1 Å². The number of imidazole rings is 1. The van der Waals surface area contributed by atoms with Crippen LogP contribution >= 0.6 is 0 Å². The van der Waals surface area contributed by atoms with Crippen molar-refractivity contribution in [3.8, 4) is 0 Å². The number of hydrogen-bond acceptors (Lipinski definition) is 3. The smallest absolute Gasteiger partial charge is 0.237 e. The lowest BCUT2D eigenvalue weighted by Gasteiger charge is -2.21. The Labute approximate surface area is 112 Å². The van der Waals surface area contributed by atoms with Crippen molar-refractivity contribution in [2.75, 3.05) is 4.72 Å². The molecule has 2 aromatic rings. The summed E-state index contributed by atoms with van der Waals surface area (Å²) in [7, 11) is -3.33. The fourth-order valence-electron chi connectivity index (χ4n) is 2.59. The van der Waals surface area contributed by atoms with Crippen molar-refractivity contribution in [1.29, 1.82) is 0 Å². The van der Waals surface area contributed by atoms with Gasteiger partial charge in [0.25, 0.3) is 0 Å². The Morgan fingerprint density at radius 3 is 2.63 bits per heavy atom. The molecular weight excluding hydrogens is 262 g/mol. The van der Waals surface area contributed by atoms with Gasteiger partial charge in [0.05, 0.1) is 16.3 Å². The second-order valence-electron chi connectivity index (χ2n) is 5.01. The second kappa shape index (κ2) is 4.85. The normalized spacial score (nSPS) is 17.7. The number of nitrogens with one attached hydrogen (secondary N) is 2. The van der Waals surface area contributed by atoms with Crippen molar-refractivity contribution in [1.82, 2.24) is 9.97 Å². The number of sulfonamides is 1. The van der Waals surface area contributed by atoms with E-state index in [0.717, 1.165) is 43.1 Å². The van der Waals surface area contributed by atoms with Crippen LogP contribution in [-0.2, 0) is 10.0 Å². The van der Waals surface area contributed by atoms with Crippen LogP contribution < -0.4 is 4.72 Å². The number of anilines is 1. The summed E-state index contributed by atoms with van der Waals surface area (Å²) in [6.07, 6.45) is 4.61. The van der Waals surface area contributed by atoms with E-state index in [0.29, 0.717) is 5.95 Å². The summed E-state index contributed by atoms with van der Waals surface area (Å²) < 4.78 is 27.1. The van der Waals surface area contributed by atoms with Gasteiger partial charge >= 0.3 is 0 Å². The number of hydrogen-bond donors (Lipinski definition) is 2. The molecular formula is C13H17N3O2S. The third-order valence-corrected chi connectivity index (χ3v) is 5.45. The van der Waals surface area contributed by atoms with Gasteiger partial charge in [0.2, 0.25) is 16.0 Å². The number of para-hydroxylation sites is 2. The molecule has 102 valence electrons. The zero-order chi connectivity index (χ0) is 13.3. The molecule has 0 spiro atoms. The summed E-state index contributed by atoms with van der Waals surface area (Å²) in [4.78, 5) is 7.24. The van der Waals surface area contributed by atoms with Crippen LogP contribution in [0.15, 0.2) is 24.3 Å². The van der Waals surface area contributed by atoms with Gasteiger partial charge in [-0.15, -0.1) is 0 Å². The summed E-state index contributed by atoms with van der Waals surface area (Å²) in [5.74, 6) is 0.312. The molecule has 3 rings (SSSR count). The van der Waals surface area contributed by atoms with E-state index in [4.69, 9.17) is 0 Å². The van der Waals surface area contributed by atoms with Gasteiger partial charge in [-0.2, -0.15) is 0 Å². The minimum atomic E-state index is -3.33. The summed E-state index contributed by atoms with van der Waals surface area (Å²) in [5.41, 5.74) is 1.60. The van der Waals surface area contributed by atoms with Gasteiger partial charge in [-0.3, -0.25) is 4.72 Å². The van der Waals surface area contributed by atoms with Gasteiger partial charge in [0.1, 0.15) is 0 Å². The molecule has 0 aliphatic heterocycles. The molecule has 0 amide bonds. The van der Waals surface area contributed by atoms with Crippen LogP contribution in [-0.4, -0.2) is 23.6 Å². The first-order valence-corrected chi connectivity index (χ1v) is 8.16. The van der Waals surface area contributed by atoms with Crippen molar-refractivity contribution in [3.05, 3.63) is 24.3 Å². The Hall–Kier alpha value is -1.56. The molecule has 1 aromatic heterocycles. The summed E-state index contributed by atoms with van der Waals surface area (Å²) in [6.45, 7) is 0. The maximum atomic E-state index is 12.3. The molecule has 0 saturated heterocycles. The van der Waals surface area contributed by atoms with E-state index in [1.807, 2.05) is 24.3 Å². The number of benzene rings is 1. The minimum absolute atomic E-state index is 0.283. The van der Waals surface area contributed by atoms with E-state index < -0.39 is 10.0 Å². The number of aromatic nitrogens is 2. The van der Waals surface area contributed by atoms with Crippen LogP contribution in [0.2, 0.25) is 0 Å². The first-order valence-electron chi connectivity index (χ1n) is 6.61. The Kier molecular flexibility index (Phi) is 3.18. The third-order valence-electron chi connectivity index (χ3n) is 3.62. The lowest BCUT2D eigenvalue weighted by Crippen LogP contribution is -2.30. The highest BCUT2D eigenvalue weighted by Gasteiger charge is 2.27. The summed E-state index contributed by atoms with van der Waals surface area (Å²) in [5, 5.41) is -0.283. The molecule has 0 unspecified atom stereocenters. The highest BCUT2D eigenvalue weighted by molar-refractivity contribution is 7.93. The standard InChI is InChI=1S/C13H17N3O2S/c17-19(18,10-6-2-1-3-7-10)16-13-14-11-8-4-5-9-12(11)15-13/h4-5,8-10H,1-3,6-7H2,(H2,14,15,16). The number of fused-ring (bicyclic) bond motifs is 1. The minimum Gasteiger partial charge on any atom is -0.323 e. The Bertz CT molecular complexity index is 639. The van der Waals surface area contributed by atoms with E-state index in [1.165, 1.54) is 0 Å². The topological polar surface area (TPSA) is 74.8 Å². The number of H-pyrrole nitrogens is 1. The van der Waals surface area contributed by atoms with Gasteiger partial charge in [0.15, 0.2) is 0 Å². The average molecular weight is 279 g/mol. The van der Waals surface area contributed by atoms with Crippen molar-refractivity contribution >= 4 is 27.0 Å². The van der Waals surface area contributed by atoms with Crippen molar-refractivity contribution in [3.63, 3.8) is 0 Å². The van der Waals surface area contributed by atoms with Gasteiger partial charge < -0.3 is 4.98 Å². The molecule has 0 atom stereocenters. The molecule has 0 bridgehead atoms. The van der Waals surface area contributed by atoms with Gasteiger partial charge in [0, 0.05) is 0 Å². The molecule has 1 fully saturated rings. The van der Waals surface area contributed by atoms with E-state index in [-0.39, 0.29) is 5.25 Å². The molecule has 19 heavy (non-hydrogen) atoms. The Morgan fingerprint density at radius 2 is 1.89 bits per heavy atom. The van der Waals surface area contributed by atoms with E-state index >= 15 is 0 Å². The fourth-order valence-corrected chi connectivity index (χ4v) is 4.08. The third kappa shape index (κ3) is 2.58. The van der Waals surface area contributed by atoms with Gasteiger partial charge in [-0.05, 0) is 25.0 Å². The van der Waals surface area contributed by atoms with Crippen LogP contribution in [0.4, 0.5) is 5.95 Å². The first-order chi connectivity index (χ1) is 9.15. The molecule has 1 heterocycles. The van der Waals surface area contributed by atoms with Crippen molar-refractivity contribution in [2.24, 2.45) is 0 Å². The monoisotopic (exact) mass is 279 g/mol. The highest BCUT2D eigenvalue weighted by Crippen LogP contribution is 2.25. The number of rotatable bonds is 3. The molecule has 2 N–H and O–H groups in total. The summed E-state index contributed by atoms with van der Waals surface area (Å²) >= 11 is 0. The van der Waals surface area contributed by atoms with E-state index in [9.17, 15) is 8.42 Å². The SMILES string of the molecule is O=S(=O)(Nc1nc2ccccc2[nH]1)C1CCCCC1. The van der Waals surface area contributed by atoms with Gasteiger partial charge in [-0.25, -0.2) is 13.4 Å². The number of aromatic amines is 1.